The van der Waals surface area contributed by atoms with Crippen molar-refractivity contribution in [3.8, 4) is 6.07 Å². The van der Waals surface area contributed by atoms with Gasteiger partial charge in [-0.2, -0.15) is 5.26 Å². The molecule has 0 radical (unpaired) electrons. The van der Waals surface area contributed by atoms with Gasteiger partial charge in [-0.15, -0.1) is 0 Å². The van der Waals surface area contributed by atoms with Crippen molar-refractivity contribution in [3.05, 3.63) is 10.4 Å². The number of nitrogens with one attached hydrogen (secondary N) is 1. The van der Waals surface area contributed by atoms with E-state index in [1.165, 1.54) is 0 Å². The van der Waals surface area contributed by atoms with E-state index in [9.17, 15) is 5.26 Å². The van der Waals surface area contributed by atoms with Crippen molar-refractivity contribution >= 4 is 0 Å². The predicted molar refractivity (Wildman–Crippen MR) is 66.4 cm³/mol. The Balaban J connectivity index is 4.20. The van der Waals surface area contributed by atoms with E-state index < -0.39 is 5.54 Å². The van der Waals surface area contributed by atoms with E-state index >= 15 is 0 Å². The molecule has 96 valence electrons. The molecule has 1 N–H and O–H groups in total. The molecule has 0 aliphatic carbocycles. The van der Waals surface area contributed by atoms with Gasteiger partial charge in [0.15, 0.2) is 0 Å². The van der Waals surface area contributed by atoms with Crippen LogP contribution < -0.4 is 5.32 Å². The third-order valence-corrected chi connectivity index (χ3v) is 2.59. The Kier molecular flexibility index (Phi) is 6.59. The summed E-state index contributed by atoms with van der Waals surface area (Å²) >= 11 is 0. The first-order valence-corrected chi connectivity index (χ1v) is 5.61. The average molecular weight is 239 g/mol. The molecule has 6 nitrogen and oxygen atoms in total. The molecule has 1 unspecified atom stereocenters. The second-order valence-electron chi connectivity index (χ2n) is 4.82. The number of ether oxygens (including phenoxy) is 1. The van der Waals surface area contributed by atoms with Crippen LogP contribution in [0.2, 0.25) is 0 Å². The van der Waals surface area contributed by atoms with Gasteiger partial charge in [0.1, 0.15) is 5.54 Å². The Morgan fingerprint density at radius 1 is 1.47 bits per heavy atom. The van der Waals surface area contributed by atoms with Crippen molar-refractivity contribution < 1.29 is 4.74 Å². The Bertz CT molecular complexity index is 316. The molecule has 0 saturated heterocycles. The molecular formula is C11H21N5O. The van der Waals surface area contributed by atoms with E-state index in [4.69, 9.17) is 10.3 Å². The highest BCUT2D eigenvalue weighted by molar-refractivity contribution is 5.06. The number of hydrogen-bond acceptors (Lipinski definition) is 4. The zero-order chi connectivity index (χ0) is 13.4. The maximum absolute atomic E-state index is 9.20. The van der Waals surface area contributed by atoms with Gasteiger partial charge in [-0.05, 0) is 39.3 Å². The van der Waals surface area contributed by atoms with Gasteiger partial charge in [0.25, 0.3) is 0 Å². The number of azide groups is 1. The Hall–Kier alpha value is -1.28. The fraction of sp³-hybridized carbons (Fsp3) is 0.909. The van der Waals surface area contributed by atoms with E-state index in [0.29, 0.717) is 19.5 Å². The number of methoxy groups -OCH3 is 1. The first-order chi connectivity index (χ1) is 7.89. The predicted octanol–water partition coefficient (Wildman–Crippen LogP) is 2.37. The highest BCUT2D eigenvalue weighted by Crippen LogP contribution is 2.22. The first-order valence-electron chi connectivity index (χ1n) is 5.61. The summed E-state index contributed by atoms with van der Waals surface area (Å²) in [5.74, 6) is 0. The molecule has 17 heavy (non-hydrogen) atoms. The number of rotatable bonds is 8. The second kappa shape index (κ2) is 7.13. The van der Waals surface area contributed by atoms with E-state index in [1.807, 2.05) is 20.8 Å². The standard InChI is InChI=1S/C11H21N5O/c1-10(2,17-4)8-11(3,9-12)14-6-5-7-15-16-13/h14H,5-8H2,1-4H3. The van der Waals surface area contributed by atoms with Gasteiger partial charge >= 0.3 is 0 Å². The van der Waals surface area contributed by atoms with Crippen molar-refractivity contribution in [3.63, 3.8) is 0 Å². The van der Waals surface area contributed by atoms with Crippen molar-refractivity contribution in [2.45, 2.75) is 44.8 Å². The van der Waals surface area contributed by atoms with E-state index in [2.05, 4.69) is 21.4 Å². The summed E-state index contributed by atoms with van der Waals surface area (Å²) in [4.78, 5) is 2.67. The van der Waals surface area contributed by atoms with Gasteiger partial charge in [-0.3, -0.25) is 5.32 Å². The molecule has 0 rings (SSSR count). The molecule has 0 aromatic rings. The molecule has 1 atom stereocenters. The molecule has 6 heteroatoms. The molecule has 0 aliphatic rings. The second-order valence-corrected chi connectivity index (χ2v) is 4.82. The number of nitrogens with zero attached hydrogens (tertiary/aromatic N) is 4. The molecule has 0 bridgehead atoms. The summed E-state index contributed by atoms with van der Waals surface area (Å²) < 4.78 is 5.32. The lowest BCUT2D eigenvalue weighted by atomic mass is 9.89. The van der Waals surface area contributed by atoms with Crippen LogP contribution in [0.1, 0.15) is 33.6 Å². The SMILES string of the molecule is COC(C)(C)CC(C)(C#N)NCCCN=[N+]=[N-]. The van der Waals surface area contributed by atoms with Crippen LogP contribution in [0.3, 0.4) is 0 Å². The van der Waals surface area contributed by atoms with Crippen LogP contribution in [0.5, 0.6) is 0 Å². The van der Waals surface area contributed by atoms with E-state index in [-0.39, 0.29) is 5.60 Å². The molecular weight excluding hydrogens is 218 g/mol. The monoisotopic (exact) mass is 239 g/mol. The number of hydrogen-bond donors (Lipinski definition) is 1. The average Bonchev–Trinajstić information content (AvgIpc) is 2.28. The van der Waals surface area contributed by atoms with Crippen LogP contribution in [0.4, 0.5) is 0 Å². The lowest BCUT2D eigenvalue weighted by Crippen LogP contribution is -2.47. The molecule has 0 aromatic heterocycles. The molecule has 0 fully saturated rings. The third kappa shape index (κ3) is 6.80. The van der Waals surface area contributed by atoms with Crippen molar-refractivity contribution in [2.24, 2.45) is 5.11 Å². The minimum Gasteiger partial charge on any atom is -0.379 e. The molecule has 0 amide bonds. The van der Waals surface area contributed by atoms with Gasteiger partial charge in [-0.1, -0.05) is 5.11 Å². The summed E-state index contributed by atoms with van der Waals surface area (Å²) in [6, 6.07) is 2.27. The van der Waals surface area contributed by atoms with Gasteiger partial charge in [-0.25, -0.2) is 0 Å². The minimum atomic E-state index is -0.629. The molecule has 0 spiro atoms. The molecule has 0 aliphatic heterocycles. The highest BCUT2D eigenvalue weighted by atomic mass is 16.5. The lowest BCUT2D eigenvalue weighted by molar-refractivity contribution is 0.00120. The van der Waals surface area contributed by atoms with Crippen LogP contribution in [-0.4, -0.2) is 31.3 Å². The largest absolute Gasteiger partial charge is 0.379 e. The molecule has 0 saturated carbocycles. The fourth-order valence-corrected chi connectivity index (χ4v) is 1.62. The van der Waals surface area contributed by atoms with E-state index in [0.717, 1.165) is 6.42 Å². The van der Waals surface area contributed by atoms with Gasteiger partial charge < -0.3 is 4.74 Å². The highest BCUT2D eigenvalue weighted by Gasteiger charge is 2.31. The minimum absolute atomic E-state index is 0.345. The van der Waals surface area contributed by atoms with Crippen molar-refractivity contribution in [2.75, 3.05) is 20.2 Å². The normalized spacial score (nSPS) is 14.5. The zero-order valence-corrected chi connectivity index (χ0v) is 11.0. The zero-order valence-electron chi connectivity index (χ0n) is 11.0. The van der Waals surface area contributed by atoms with Crippen LogP contribution in [-0.2, 0) is 4.74 Å². The van der Waals surface area contributed by atoms with Crippen molar-refractivity contribution in [1.82, 2.24) is 5.32 Å². The Labute approximate surface area is 103 Å². The first kappa shape index (κ1) is 15.7. The quantitative estimate of drug-likeness (QED) is 0.305. The summed E-state index contributed by atoms with van der Waals surface area (Å²) in [6.45, 7) is 6.83. The molecule has 0 heterocycles. The van der Waals surface area contributed by atoms with Gasteiger partial charge in [0, 0.05) is 25.0 Å². The van der Waals surface area contributed by atoms with E-state index in [1.54, 1.807) is 7.11 Å². The lowest BCUT2D eigenvalue weighted by Gasteiger charge is -2.32. The maximum atomic E-state index is 9.20. The van der Waals surface area contributed by atoms with Gasteiger partial charge in [0.2, 0.25) is 0 Å². The maximum Gasteiger partial charge on any atom is 0.106 e. The van der Waals surface area contributed by atoms with Crippen molar-refractivity contribution in [1.29, 1.82) is 5.26 Å². The van der Waals surface area contributed by atoms with Crippen LogP contribution in [0.25, 0.3) is 10.4 Å². The van der Waals surface area contributed by atoms with Crippen LogP contribution >= 0.6 is 0 Å². The Morgan fingerprint density at radius 2 is 2.12 bits per heavy atom. The summed E-state index contributed by atoms with van der Waals surface area (Å²) in [6.07, 6.45) is 1.31. The van der Waals surface area contributed by atoms with Gasteiger partial charge in [0.05, 0.1) is 11.7 Å². The Morgan fingerprint density at radius 3 is 2.59 bits per heavy atom. The summed E-state index contributed by atoms with van der Waals surface area (Å²) in [7, 11) is 1.64. The third-order valence-electron chi connectivity index (χ3n) is 2.59. The smallest absolute Gasteiger partial charge is 0.106 e. The fourth-order valence-electron chi connectivity index (χ4n) is 1.62. The van der Waals surface area contributed by atoms with Crippen LogP contribution in [0.15, 0.2) is 5.11 Å². The van der Waals surface area contributed by atoms with Crippen LogP contribution in [0, 0.1) is 11.3 Å². The molecule has 0 aromatic carbocycles. The summed E-state index contributed by atoms with van der Waals surface area (Å²) in [5.41, 5.74) is 7.15. The summed E-state index contributed by atoms with van der Waals surface area (Å²) in [5, 5.41) is 15.8. The topological polar surface area (TPSA) is 93.8 Å². The number of nitriles is 1.